The lowest BCUT2D eigenvalue weighted by Gasteiger charge is -2.24. The molecule has 1 nitrogen and oxygen atoms in total. The maximum atomic E-state index is 5.47. The standard InChI is InChI=1S/C52H46O/c1-50(2,3)37-24-35-11-10-31-12-18-38(43-22-16-36(25-37)48(35)49(31)43)34-15-21-42-41-20-14-33(27-46(41)52(6,7)47(42)28-34)32-13-19-40-39-17-9-30(29-53-8)23-44(39)51(4,5)45(40)26-32/h9-28H,29H2,1-8H3. The largest absolute Gasteiger partial charge is 0.380 e. The minimum Gasteiger partial charge on any atom is -0.380 e. The highest BCUT2D eigenvalue weighted by Crippen LogP contribution is 2.53. The highest BCUT2D eigenvalue weighted by Gasteiger charge is 2.38. The van der Waals surface area contributed by atoms with Gasteiger partial charge in [0.1, 0.15) is 0 Å². The summed E-state index contributed by atoms with van der Waals surface area (Å²) in [5.41, 5.74) is 18.6. The van der Waals surface area contributed by atoms with Gasteiger partial charge in [-0.05, 0) is 134 Å². The van der Waals surface area contributed by atoms with Crippen LogP contribution in [0.25, 0.3) is 76.8 Å². The van der Waals surface area contributed by atoms with Crippen molar-refractivity contribution >= 4 is 32.3 Å². The van der Waals surface area contributed by atoms with E-state index in [1.54, 1.807) is 7.11 Å². The molecule has 2 aliphatic rings. The molecule has 0 bridgehead atoms. The lowest BCUT2D eigenvalue weighted by Crippen LogP contribution is -2.16. The maximum Gasteiger partial charge on any atom is 0.0713 e. The SMILES string of the molecule is COCc1ccc2c(c1)C(C)(C)c1cc(-c3ccc4c(c3)C(C)(C)c3cc(-c5ccc6ccc7cc(C(C)(C)C)cc8ccc5c6c78)ccc3-4)ccc1-2. The fraction of sp³-hybridized carbons (Fsp3) is 0.231. The van der Waals surface area contributed by atoms with Crippen molar-refractivity contribution in [2.24, 2.45) is 0 Å². The second kappa shape index (κ2) is 10.9. The Labute approximate surface area is 313 Å². The summed E-state index contributed by atoms with van der Waals surface area (Å²) in [6.07, 6.45) is 0. The summed E-state index contributed by atoms with van der Waals surface area (Å²) >= 11 is 0. The number of hydrogen-bond donors (Lipinski definition) is 0. The molecule has 0 N–H and O–H groups in total. The van der Waals surface area contributed by atoms with Crippen molar-refractivity contribution in [2.45, 2.75) is 71.3 Å². The second-order valence-corrected chi connectivity index (χ2v) is 17.8. The van der Waals surface area contributed by atoms with Crippen molar-refractivity contribution in [3.63, 3.8) is 0 Å². The minimum absolute atomic E-state index is 0.0758. The summed E-state index contributed by atoms with van der Waals surface area (Å²) < 4.78 is 5.47. The molecular weight excluding hydrogens is 641 g/mol. The van der Waals surface area contributed by atoms with Gasteiger partial charge in [-0.15, -0.1) is 0 Å². The Kier molecular flexibility index (Phi) is 6.67. The summed E-state index contributed by atoms with van der Waals surface area (Å²) in [7, 11) is 1.77. The van der Waals surface area contributed by atoms with Gasteiger partial charge in [-0.1, -0.05) is 152 Å². The molecule has 53 heavy (non-hydrogen) atoms. The molecule has 8 aromatic carbocycles. The topological polar surface area (TPSA) is 9.23 Å². The fourth-order valence-electron chi connectivity index (χ4n) is 9.81. The molecule has 2 aliphatic carbocycles. The van der Waals surface area contributed by atoms with Gasteiger partial charge in [0.2, 0.25) is 0 Å². The minimum atomic E-state index is -0.131. The molecule has 0 unspecified atom stereocenters. The smallest absolute Gasteiger partial charge is 0.0713 e. The summed E-state index contributed by atoms with van der Waals surface area (Å²) in [6.45, 7) is 17.1. The molecule has 0 aliphatic heterocycles. The number of rotatable bonds is 4. The number of hydrogen-bond acceptors (Lipinski definition) is 1. The zero-order valence-electron chi connectivity index (χ0n) is 32.2. The monoisotopic (exact) mass is 686 g/mol. The molecule has 0 fully saturated rings. The average molecular weight is 687 g/mol. The van der Waals surface area contributed by atoms with Crippen molar-refractivity contribution in [2.75, 3.05) is 7.11 Å². The van der Waals surface area contributed by atoms with E-state index in [1.165, 1.54) is 110 Å². The van der Waals surface area contributed by atoms with Gasteiger partial charge in [-0.25, -0.2) is 0 Å². The van der Waals surface area contributed by atoms with Crippen LogP contribution >= 0.6 is 0 Å². The quantitative estimate of drug-likeness (QED) is 0.167. The van der Waals surface area contributed by atoms with E-state index in [-0.39, 0.29) is 16.2 Å². The van der Waals surface area contributed by atoms with Crippen LogP contribution in [0.3, 0.4) is 0 Å². The Morgan fingerprint density at radius 3 is 1.47 bits per heavy atom. The van der Waals surface area contributed by atoms with Gasteiger partial charge in [0, 0.05) is 17.9 Å². The first kappa shape index (κ1) is 32.4. The van der Waals surface area contributed by atoms with Crippen LogP contribution in [-0.2, 0) is 27.6 Å². The van der Waals surface area contributed by atoms with Gasteiger partial charge in [-0.2, -0.15) is 0 Å². The number of methoxy groups -OCH3 is 1. The van der Waals surface area contributed by atoms with Crippen molar-refractivity contribution in [1.29, 1.82) is 0 Å². The molecular formula is C52H46O. The Bertz CT molecular complexity index is 2800. The molecule has 260 valence electrons. The van der Waals surface area contributed by atoms with Crippen molar-refractivity contribution in [3.8, 4) is 44.5 Å². The molecule has 10 rings (SSSR count). The summed E-state index contributed by atoms with van der Waals surface area (Å²) in [5.74, 6) is 0. The Morgan fingerprint density at radius 2 is 0.906 bits per heavy atom. The van der Waals surface area contributed by atoms with Crippen LogP contribution < -0.4 is 0 Å². The summed E-state index contributed by atoms with van der Waals surface area (Å²) in [4.78, 5) is 0. The van der Waals surface area contributed by atoms with Crippen LogP contribution in [-0.4, -0.2) is 7.11 Å². The van der Waals surface area contributed by atoms with Crippen molar-refractivity contribution in [1.82, 2.24) is 0 Å². The van der Waals surface area contributed by atoms with Gasteiger partial charge in [0.25, 0.3) is 0 Å². The first-order valence-corrected chi connectivity index (χ1v) is 19.1. The number of fused-ring (bicyclic) bond motifs is 6. The Hall–Kier alpha value is -5.24. The van der Waals surface area contributed by atoms with Gasteiger partial charge < -0.3 is 4.74 Å². The first-order valence-electron chi connectivity index (χ1n) is 19.1. The fourth-order valence-corrected chi connectivity index (χ4v) is 9.81. The van der Waals surface area contributed by atoms with Gasteiger partial charge in [0.15, 0.2) is 0 Å². The molecule has 1 heteroatoms. The van der Waals surface area contributed by atoms with Crippen LogP contribution in [0.15, 0.2) is 121 Å². The predicted molar refractivity (Wildman–Crippen MR) is 226 cm³/mol. The molecule has 0 saturated heterocycles. The van der Waals surface area contributed by atoms with Gasteiger partial charge >= 0.3 is 0 Å². The van der Waals surface area contributed by atoms with E-state index in [0.29, 0.717) is 6.61 Å². The molecule has 8 aromatic rings. The predicted octanol–water partition coefficient (Wildman–Crippen LogP) is 14.0. The number of benzene rings is 8. The summed E-state index contributed by atoms with van der Waals surface area (Å²) in [6, 6.07) is 47.1. The normalized spacial score (nSPS) is 15.2. The lowest BCUT2D eigenvalue weighted by atomic mass is 9.79. The van der Waals surface area contributed by atoms with Crippen LogP contribution in [0.2, 0.25) is 0 Å². The first-order chi connectivity index (χ1) is 25.3. The van der Waals surface area contributed by atoms with Crippen LogP contribution in [0.1, 0.15) is 81.8 Å². The molecule has 0 atom stereocenters. The van der Waals surface area contributed by atoms with E-state index in [0.717, 1.165) is 0 Å². The Balaban J connectivity index is 1.04. The van der Waals surface area contributed by atoms with E-state index in [9.17, 15) is 0 Å². The second-order valence-electron chi connectivity index (χ2n) is 17.8. The number of ether oxygens (including phenoxy) is 1. The van der Waals surface area contributed by atoms with E-state index in [2.05, 4.69) is 170 Å². The van der Waals surface area contributed by atoms with Crippen molar-refractivity contribution < 1.29 is 4.74 Å². The third kappa shape index (κ3) is 4.60. The zero-order chi connectivity index (χ0) is 36.6. The average Bonchev–Trinajstić information content (AvgIpc) is 3.51. The molecule has 0 radical (unpaired) electrons. The third-order valence-electron chi connectivity index (χ3n) is 12.8. The molecule has 0 aromatic heterocycles. The van der Waals surface area contributed by atoms with Crippen LogP contribution in [0.4, 0.5) is 0 Å². The molecule has 0 heterocycles. The van der Waals surface area contributed by atoms with E-state index >= 15 is 0 Å². The zero-order valence-corrected chi connectivity index (χ0v) is 32.2. The van der Waals surface area contributed by atoms with E-state index < -0.39 is 0 Å². The lowest BCUT2D eigenvalue weighted by molar-refractivity contribution is 0.185. The van der Waals surface area contributed by atoms with E-state index in [1.807, 2.05) is 0 Å². The summed E-state index contributed by atoms with van der Waals surface area (Å²) in [5, 5.41) is 8.05. The highest BCUT2D eigenvalue weighted by atomic mass is 16.5. The highest BCUT2D eigenvalue weighted by molar-refractivity contribution is 6.25. The molecule has 0 spiro atoms. The van der Waals surface area contributed by atoms with Gasteiger partial charge in [0.05, 0.1) is 6.61 Å². The van der Waals surface area contributed by atoms with E-state index in [4.69, 9.17) is 4.74 Å². The third-order valence-corrected chi connectivity index (χ3v) is 12.8. The molecule has 0 amide bonds. The molecule has 0 saturated carbocycles. The maximum absolute atomic E-state index is 5.47. The van der Waals surface area contributed by atoms with Crippen LogP contribution in [0.5, 0.6) is 0 Å². The Morgan fingerprint density at radius 1 is 0.453 bits per heavy atom. The van der Waals surface area contributed by atoms with Crippen molar-refractivity contribution in [3.05, 3.63) is 155 Å². The van der Waals surface area contributed by atoms with Crippen LogP contribution in [0, 0.1) is 0 Å². The van der Waals surface area contributed by atoms with Gasteiger partial charge in [-0.3, -0.25) is 0 Å².